The topological polar surface area (TPSA) is 102 Å². The Bertz CT molecular complexity index is 1560. The third-order valence-corrected chi connectivity index (χ3v) is 9.80. The van der Waals surface area contributed by atoms with Gasteiger partial charge in [0, 0.05) is 42.1 Å². The number of rotatable bonds is 3. The van der Waals surface area contributed by atoms with Crippen LogP contribution in [0.5, 0.6) is 0 Å². The minimum atomic E-state index is -3.86. The molecule has 0 heterocycles. The van der Waals surface area contributed by atoms with E-state index in [1.165, 1.54) is 54.6 Å². The fraction of sp³-hybridized carbons (Fsp3) is 0. The largest absolute Gasteiger partial charge is 0.264 e. The van der Waals surface area contributed by atoms with Crippen LogP contribution in [-0.2, 0) is 27.2 Å². The molecule has 0 saturated heterocycles. The molecule has 0 atom stereocenters. The zero-order valence-electron chi connectivity index (χ0n) is 16.8. The first-order valence-corrected chi connectivity index (χ1v) is 17.6. The van der Waals surface area contributed by atoms with Crippen molar-refractivity contribution >= 4 is 129 Å². The molecule has 6 nitrogen and oxygen atoms in total. The van der Waals surface area contributed by atoms with Crippen molar-refractivity contribution in [2.75, 3.05) is 0 Å². The SMILES string of the molecule is O=S(=O)(Cl)c1c(Cl)cccc1Cl.O=S(=O)(Cl)c1cc(Cl)ccc1Cl.O=S(=O)(Cl)c1ccc(Cl)cc1Cl. The van der Waals surface area contributed by atoms with E-state index in [0.29, 0.717) is 5.02 Å². The third-order valence-electron chi connectivity index (χ3n) is 3.48. The van der Waals surface area contributed by atoms with Crippen molar-refractivity contribution in [3.05, 3.63) is 84.7 Å². The van der Waals surface area contributed by atoms with Gasteiger partial charge in [-0.1, -0.05) is 75.7 Å². The van der Waals surface area contributed by atoms with Gasteiger partial charge in [-0.05, 0) is 48.5 Å². The lowest BCUT2D eigenvalue weighted by Gasteiger charge is -2.00. The van der Waals surface area contributed by atoms with Gasteiger partial charge in [0.05, 0.1) is 20.1 Å². The van der Waals surface area contributed by atoms with Crippen molar-refractivity contribution in [2.45, 2.75) is 14.7 Å². The second-order valence-corrected chi connectivity index (χ2v) is 16.1. The van der Waals surface area contributed by atoms with Gasteiger partial charge in [0.15, 0.2) is 0 Å². The summed E-state index contributed by atoms with van der Waals surface area (Å²) in [5.74, 6) is 0. The van der Waals surface area contributed by atoms with E-state index in [0.717, 1.165) is 0 Å². The van der Waals surface area contributed by atoms with Crippen LogP contribution in [0.3, 0.4) is 0 Å². The van der Waals surface area contributed by atoms with Gasteiger partial charge in [0.1, 0.15) is 14.7 Å². The summed E-state index contributed by atoms with van der Waals surface area (Å²) in [6.07, 6.45) is 0. The fourth-order valence-electron chi connectivity index (χ4n) is 2.05. The molecule has 18 heteroatoms. The molecule has 0 fully saturated rings. The van der Waals surface area contributed by atoms with Gasteiger partial charge >= 0.3 is 0 Å². The highest BCUT2D eigenvalue weighted by molar-refractivity contribution is 8.14. The summed E-state index contributed by atoms with van der Waals surface area (Å²) in [6.45, 7) is 0. The Morgan fingerprint density at radius 3 is 1.25 bits per heavy atom. The fourth-order valence-corrected chi connectivity index (χ4v) is 7.88. The highest BCUT2D eigenvalue weighted by atomic mass is 35.7. The highest BCUT2D eigenvalue weighted by Gasteiger charge is 2.18. The third kappa shape index (κ3) is 11.1. The Morgan fingerprint density at radius 2 is 0.889 bits per heavy atom. The second kappa shape index (κ2) is 14.0. The van der Waals surface area contributed by atoms with Gasteiger partial charge in [-0.15, -0.1) is 0 Å². The summed E-state index contributed by atoms with van der Waals surface area (Å²) in [6, 6.07) is 12.4. The minimum Gasteiger partial charge on any atom is -0.207 e. The summed E-state index contributed by atoms with van der Waals surface area (Å²) >= 11 is 33.3. The maximum absolute atomic E-state index is 10.9. The molecule has 0 aliphatic carbocycles. The van der Waals surface area contributed by atoms with Gasteiger partial charge < -0.3 is 0 Å². The normalized spacial score (nSPS) is 11.6. The van der Waals surface area contributed by atoms with E-state index < -0.39 is 27.2 Å². The van der Waals surface area contributed by atoms with Gasteiger partial charge in [0.25, 0.3) is 27.2 Å². The molecule has 0 spiro atoms. The van der Waals surface area contributed by atoms with Crippen molar-refractivity contribution in [3.63, 3.8) is 0 Å². The Hall–Kier alpha value is 0.120. The summed E-state index contributed by atoms with van der Waals surface area (Å²) in [4.78, 5) is -0.538. The molecule has 3 aromatic rings. The first-order chi connectivity index (χ1) is 16.2. The first-order valence-electron chi connectivity index (χ1n) is 8.43. The number of benzene rings is 3. The Balaban J connectivity index is 0.000000270. The maximum Gasteiger partial charge on any atom is 0.264 e. The Labute approximate surface area is 251 Å². The lowest BCUT2D eigenvalue weighted by atomic mass is 10.4. The molecule has 3 rings (SSSR count). The molecule has 0 aromatic heterocycles. The zero-order chi connectivity index (χ0) is 28.1. The van der Waals surface area contributed by atoms with E-state index in [2.05, 4.69) is 0 Å². The van der Waals surface area contributed by atoms with E-state index in [1.54, 1.807) is 0 Å². The van der Waals surface area contributed by atoms with Crippen molar-refractivity contribution in [2.24, 2.45) is 0 Å². The molecular weight excluding hydrogens is 727 g/mol. The van der Waals surface area contributed by atoms with E-state index in [4.69, 9.17) is 102 Å². The maximum atomic E-state index is 10.9. The van der Waals surface area contributed by atoms with Crippen LogP contribution in [0.25, 0.3) is 0 Å². The van der Waals surface area contributed by atoms with Crippen LogP contribution in [-0.4, -0.2) is 25.3 Å². The summed E-state index contributed by atoms with van der Waals surface area (Å²) < 4.78 is 65.0. The molecule has 0 unspecified atom stereocenters. The average molecular weight is 737 g/mol. The van der Waals surface area contributed by atoms with Crippen molar-refractivity contribution in [1.29, 1.82) is 0 Å². The molecule has 0 bridgehead atoms. The quantitative estimate of drug-likeness (QED) is 0.249. The van der Waals surface area contributed by atoms with Crippen molar-refractivity contribution < 1.29 is 25.3 Å². The van der Waals surface area contributed by atoms with E-state index >= 15 is 0 Å². The molecule has 0 N–H and O–H groups in total. The lowest BCUT2D eigenvalue weighted by molar-refractivity contribution is 0.608. The minimum absolute atomic E-state index is 0.0255. The monoisotopic (exact) mass is 732 g/mol. The van der Waals surface area contributed by atoms with Crippen LogP contribution in [0.4, 0.5) is 0 Å². The Kier molecular flexibility index (Phi) is 13.2. The number of hydrogen-bond acceptors (Lipinski definition) is 6. The molecule has 0 amide bonds. The predicted molar refractivity (Wildman–Crippen MR) is 149 cm³/mol. The molecule has 3 aromatic carbocycles. The smallest absolute Gasteiger partial charge is 0.207 e. The van der Waals surface area contributed by atoms with Crippen molar-refractivity contribution in [1.82, 2.24) is 0 Å². The van der Waals surface area contributed by atoms with Crippen LogP contribution < -0.4 is 0 Å². The molecule has 198 valence electrons. The van der Waals surface area contributed by atoms with Gasteiger partial charge in [0.2, 0.25) is 0 Å². The molecule has 0 saturated carbocycles. The average Bonchev–Trinajstić information content (AvgIpc) is 2.68. The zero-order valence-corrected chi connectivity index (χ0v) is 26.0. The molecule has 0 aliphatic heterocycles. The van der Waals surface area contributed by atoms with Crippen LogP contribution in [0.15, 0.2) is 69.3 Å². The molecular formula is C18H9Cl9O6S3. The molecule has 36 heavy (non-hydrogen) atoms. The predicted octanol–water partition coefficient (Wildman–Crippen LogP) is 8.76. The van der Waals surface area contributed by atoms with Gasteiger partial charge in [-0.25, -0.2) is 25.3 Å². The first kappa shape index (κ1) is 34.1. The molecule has 0 radical (unpaired) electrons. The number of halogens is 9. The van der Waals surface area contributed by atoms with E-state index in [1.807, 2.05) is 0 Å². The highest BCUT2D eigenvalue weighted by Crippen LogP contribution is 2.31. The van der Waals surface area contributed by atoms with Crippen LogP contribution in [0.2, 0.25) is 30.1 Å². The summed E-state index contributed by atoms with van der Waals surface area (Å²) in [5.41, 5.74) is 0. The summed E-state index contributed by atoms with van der Waals surface area (Å²) in [7, 11) is 3.77. The van der Waals surface area contributed by atoms with E-state index in [9.17, 15) is 25.3 Å². The van der Waals surface area contributed by atoms with Gasteiger partial charge in [-0.3, -0.25) is 0 Å². The second-order valence-electron chi connectivity index (χ2n) is 6.01. The molecule has 0 aliphatic rings. The summed E-state index contributed by atoms with van der Waals surface area (Å²) in [5, 5.41) is 0.782. The van der Waals surface area contributed by atoms with Gasteiger partial charge in [-0.2, -0.15) is 0 Å². The number of hydrogen-bond donors (Lipinski definition) is 0. The van der Waals surface area contributed by atoms with Crippen LogP contribution in [0.1, 0.15) is 0 Å². The van der Waals surface area contributed by atoms with Crippen LogP contribution in [0, 0.1) is 0 Å². The Morgan fingerprint density at radius 1 is 0.444 bits per heavy atom. The standard InChI is InChI=1S/3C6H3Cl3O2S/c7-4-1-2-6(5(8)3-4)12(9,10)11;7-4-1-2-5(8)6(3-4)12(9,10)11;7-4-2-1-3-5(8)6(4)12(9,10)11/h3*1-3H. The van der Waals surface area contributed by atoms with E-state index in [-0.39, 0.29) is 39.8 Å². The van der Waals surface area contributed by atoms with Crippen molar-refractivity contribution in [3.8, 4) is 0 Å². The lowest BCUT2D eigenvalue weighted by Crippen LogP contribution is -1.92. The van der Waals surface area contributed by atoms with Crippen LogP contribution >= 0.6 is 102 Å².